The van der Waals surface area contributed by atoms with E-state index in [1.54, 1.807) is 11.8 Å². The average Bonchev–Trinajstić information content (AvgIpc) is 2.72. The minimum absolute atomic E-state index is 0.769. The standard InChI is InChI=1S/C17H16OS/c1-19-16-8-5-13(6-9-16)14-7-10-17-15(12-14)4-2-3-11-18-17/h2,4-10,12H,3,11H2,1H3. The van der Waals surface area contributed by atoms with Crippen LogP contribution in [0.25, 0.3) is 17.2 Å². The minimum atomic E-state index is 0.769. The van der Waals surface area contributed by atoms with Crippen molar-refractivity contribution in [2.75, 3.05) is 12.9 Å². The Kier molecular flexibility index (Phi) is 3.60. The van der Waals surface area contributed by atoms with E-state index in [0.717, 1.165) is 18.8 Å². The summed E-state index contributed by atoms with van der Waals surface area (Å²) in [4.78, 5) is 1.29. The van der Waals surface area contributed by atoms with E-state index in [1.165, 1.54) is 21.6 Å². The fraction of sp³-hybridized carbons (Fsp3) is 0.176. The molecule has 0 aromatic heterocycles. The van der Waals surface area contributed by atoms with Crippen molar-refractivity contribution in [1.29, 1.82) is 0 Å². The van der Waals surface area contributed by atoms with Crippen molar-refractivity contribution < 1.29 is 4.74 Å². The normalized spacial score (nSPS) is 13.5. The average molecular weight is 268 g/mol. The third kappa shape index (κ3) is 2.69. The van der Waals surface area contributed by atoms with Crippen LogP contribution in [0.1, 0.15) is 12.0 Å². The molecule has 0 unspecified atom stereocenters. The summed E-state index contributed by atoms with van der Waals surface area (Å²) in [6, 6.07) is 15.1. The second-order valence-electron chi connectivity index (χ2n) is 4.52. The van der Waals surface area contributed by atoms with Crippen molar-refractivity contribution in [3.8, 4) is 16.9 Å². The Balaban J connectivity index is 1.98. The molecule has 0 bridgehead atoms. The summed E-state index contributed by atoms with van der Waals surface area (Å²) in [5, 5.41) is 0. The predicted molar refractivity (Wildman–Crippen MR) is 82.8 cm³/mol. The molecular weight excluding hydrogens is 252 g/mol. The molecule has 0 fully saturated rings. The summed E-state index contributed by atoms with van der Waals surface area (Å²) >= 11 is 1.77. The van der Waals surface area contributed by atoms with Gasteiger partial charge in [0.2, 0.25) is 0 Å². The number of rotatable bonds is 2. The van der Waals surface area contributed by atoms with Crippen molar-refractivity contribution in [3.05, 3.63) is 54.1 Å². The van der Waals surface area contributed by atoms with Crippen LogP contribution in [0.5, 0.6) is 5.75 Å². The lowest BCUT2D eigenvalue weighted by molar-refractivity contribution is 0.326. The molecule has 0 aliphatic carbocycles. The maximum absolute atomic E-state index is 5.71. The zero-order valence-corrected chi connectivity index (χ0v) is 11.7. The number of hydrogen-bond acceptors (Lipinski definition) is 2. The number of hydrogen-bond donors (Lipinski definition) is 0. The molecule has 0 spiro atoms. The molecule has 0 atom stereocenters. The van der Waals surface area contributed by atoms with E-state index in [0.29, 0.717) is 0 Å². The largest absolute Gasteiger partial charge is 0.493 e. The third-order valence-electron chi connectivity index (χ3n) is 3.27. The Morgan fingerprint density at radius 3 is 2.58 bits per heavy atom. The maximum atomic E-state index is 5.71. The molecule has 0 radical (unpaired) electrons. The first kappa shape index (κ1) is 12.4. The van der Waals surface area contributed by atoms with E-state index >= 15 is 0 Å². The molecule has 2 heteroatoms. The van der Waals surface area contributed by atoms with Gasteiger partial charge in [0.1, 0.15) is 5.75 Å². The van der Waals surface area contributed by atoms with E-state index in [1.807, 2.05) is 0 Å². The van der Waals surface area contributed by atoms with Gasteiger partial charge in [0, 0.05) is 10.5 Å². The Hall–Kier alpha value is -1.67. The molecule has 0 saturated heterocycles. The molecule has 2 aromatic carbocycles. The molecule has 96 valence electrons. The number of thioether (sulfide) groups is 1. The molecule has 1 aliphatic heterocycles. The van der Waals surface area contributed by atoms with E-state index in [2.05, 4.69) is 60.9 Å². The van der Waals surface area contributed by atoms with Crippen LogP contribution in [-0.2, 0) is 0 Å². The van der Waals surface area contributed by atoms with Crippen molar-refractivity contribution in [3.63, 3.8) is 0 Å². The molecule has 3 rings (SSSR count). The molecule has 0 saturated carbocycles. The lowest BCUT2D eigenvalue weighted by Gasteiger charge is -2.09. The van der Waals surface area contributed by atoms with Crippen molar-refractivity contribution >= 4 is 17.8 Å². The van der Waals surface area contributed by atoms with Gasteiger partial charge in [-0.25, -0.2) is 0 Å². The number of ether oxygens (including phenoxy) is 1. The molecule has 2 aromatic rings. The van der Waals surface area contributed by atoms with Crippen molar-refractivity contribution in [1.82, 2.24) is 0 Å². The molecule has 1 aliphatic rings. The monoisotopic (exact) mass is 268 g/mol. The van der Waals surface area contributed by atoms with E-state index in [4.69, 9.17) is 4.74 Å². The highest BCUT2D eigenvalue weighted by molar-refractivity contribution is 7.98. The lowest BCUT2D eigenvalue weighted by Crippen LogP contribution is -1.94. The van der Waals surface area contributed by atoms with Gasteiger partial charge >= 0.3 is 0 Å². The van der Waals surface area contributed by atoms with Crippen LogP contribution >= 0.6 is 11.8 Å². The summed E-state index contributed by atoms with van der Waals surface area (Å²) in [7, 11) is 0. The summed E-state index contributed by atoms with van der Waals surface area (Å²) in [5.74, 6) is 0.984. The predicted octanol–water partition coefficient (Wildman–Crippen LogP) is 4.87. The Morgan fingerprint density at radius 1 is 1.00 bits per heavy atom. The van der Waals surface area contributed by atoms with Crippen LogP contribution in [-0.4, -0.2) is 12.9 Å². The van der Waals surface area contributed by atoms with Gasteiger partial charge in [0.05, 0.1) is 6.61 Å². The molecular formula is C17H16OS. The third-order valence-corrected chi connectivity index (χ3v) is 4.02. The topological polar surface area (TPSA) is 9.23 Å². The fourth-order valence-electron chi connectivity index (χ4n) is 2.22. The fourth-order valence-corrected chi connectivity index (χ4v) is 2.63. The van der Waals surface area contributed by atoms with Gasteiger partial charge in [-0.3, -0.25) is 0 Å². The Labute approximate surface area is 118 Å². The van der Waals surface area contributed by atoms with Crippen molar-refractivity contribution in [2.45, 2.75) is 11.3 Å². The molecule has 0 N–H and O–H groups in total. The maximum Gasteiger partial charge on any atom is 0.126 e. The van der Waals surface area contributed by atoms with E-state index < -0.39 is 0 Å². The second kappa shape index (κ2) is 5.54. The quantitative estimate of drug-likeness (QED) is 0.718. The van der Waals surface area contributed by atoms with E-state index in [-0.39, 0.29) is 0 Å². The zero-order chi connectivity index (χ0) is 13.1. The summed E-state index contributed by atoms with van der Waals surface area (Å²) in [6.45, 7) is 0.769. The molecule has 1 heterocycles. The lowest BCUT2D eigenvalue weighted by atomic mass is 10.0. The second-order valence-corrected chi connectivity index (χ2v) is 5.40. The highest BCUT2D eigenvalue weighted by Gasteiger charge is 2.06. The number of fused-ring (bicyclic) bond motifs is 1. The van der Waals surface area contributed by atoms with Gasteiger partial charge in [-0.15, -0.1) is 11.8 Å². The summed E-state index contributed by atoms with van der Waals surface area (Å²) in [5.41, 5.74) is 3.66. The molecule has 1 nitrogen and oxygen atoms in total. The van der Waals surface area contributed by atoms with Gasteiger partial charge in [-0.1, -0.05) is 30.4 Å². The summed E-state index contributed by atoms with van der Waals surface area (Å²) < 4.78 is 5.71. The zero-order valence-electron chi connectivity index (χ0n) is 10.9. The van der Waals surface area contributed by atoms with Gasteiger partial charge in [-0.05, 0) is 48.1 Å². The van der Waals surface area contributed by atoms with Crippen molar-refractivity contribution in [2.24, 2.45) is 0 Å². The molecule has 19 heavy (non-hydrogen) atoms. The van der Waals surface area contributed by atoms with Gasteiger partial charge < -0.3 is 4.74 Å². The van der Waals surface area contributed by atoms with Gasteiger partial charge in [0.25, 0.3) is 0 Å². The van der Waals surface area contributed by atoms with Crippen LogP contribution in [0, 0.1) is 0 Å². The van der Waals surface area contributed by atoms with Gasteiger partial charge in [0.15, 0.2) is 0 Å². The van der Waals surface area contributed by atoms with Crippen LogP contribution < -0.4 is 4.74 Å². The number of benzene rings is 2. The van der Waals surface area contributed by atoms with Crippen LogP contribution in [0.2, 0.25) is 0 Å². The van der Waals surface area contributed by atoms with Gasteiger partial charge in [-0.2, -0.15) is 0 Å². The highest BCUT2D eigenvalue weighted by Crippen LogP contribution is 2.30. The Bertz CT molecular complexity index is 599. The first-order valence-corrected chi connectivity index (χ1v) is 7.67. The Morgan fingerprint density at radius 2 is 1.79 bits per heavy atom. The van der Waals surface area contributed by atoms with Crippen LogP contribution in [0.15, 0.2) is 53.4 Å². The molecule has 0 amide bonds. The first-order chi connectivity index (χ1) is 9.36. The minimum Gasteiger partial charge on any atom is -0.493 e. The SMILES string of the molecule is CSc1ccc(-c2ccc3c(c2)C=CCCO3)cc1. The van der Waals surface area contributed by atoms with Crippen LogP contribution in [0.4, 0.5) is 0 Å². The first-order valence-electron chi connectivity index (χ1n) is 6.44. The van der Waals surface area contributed by atoms with Crippen LogP contribution in [0.3, 0.4) is 0 Å². The summed E-state index contributed by atoms with van der Waals surface area (Å²) in [6.07, 6.45) is 7.40. The smallest absolute Gasteiger partial charge is 0.126 e. The van der Waals surface area contributed by atoms with E-state index in [9.17, 15) is 0 Å². The highest BCUT2D eigenvalue weighted by atomic mass is 32.2.